The molecule has 0 bridgehead atoms. The minimum Gasteiger partial charge on any atom is -0.507 e. The van der Waals surface area contributed by atoms with Gasteiger partial charge in [0.25, 0.3) is 6.47 Å². The van der Waals surface area contributed by atoms with E-state index in [-0.39, 0.29) is 5.75 Å². The van der Waals surface area contributed by atoms with Gasteiger partial charge in [0.2, 0.25) is 0 Å². The molecule has 8 heteroatoms. The molecule has 0 aliphatic heterocycles. The number of phenolic OH excluding ortho intramolecular Hbond substituents is 1. The van der Waals surface area contributed by atoms with Gasteiger partial charge in [-0.2, -0.15) is 0 Å². The predicted octanol–water partition coefficient (Wildman–Crippen LogP) is 5.77. The molecule has 0 fully saturated rings. The van der Waals surface area contributed by atoms with Crippen LogP contribution in [0.25, 0.3) is 5.57 Å². The van der Waals surface area contributed by atoms with Crippen molar-refractivity contribution in [1.29, 1.82) is 0 Å². The van der Waals surface area contributed by atoms with Gasteiger partial charge in [0.15, 0.2) is 0 Å². The highest BCUT2D eigenvalue weighted by atomic mass is 19.1. The first-order valence-electron chi connectivity index (χ1n) is 11.3. The summed E-state index contributed by atoms with van der Waals surface area (Å²) in [5, 5.41) is 10.2. The second-order valence-electron chi connectivity index (χ2n) is 7.01. The molecule has 0 aromatic heterocycles. The Balaban J connectivity index is 0. The van der Waals surface area contributed by atoms with Crippen LogP contribution in [0.3, 0.4) is 0 Å². The van der Waals surface area contributed by atoms with Crippen LogP contribution in [0.5, 0.6) is 11.5 Å². The summed E-state index contributed by atoms with van der Waals surface area (Å²) >= 11 is 0. The number of hydrogen-bond acceptors (Lipinski definition) is 7. The maximum atomic E-state index is 12.5. The summed E-state index contributed by atoms with van der Waals surface area (Å²) in [6.45, 7) is 17.1. The van der Waals surface area contributed by atoms with Gasteiger partial charge in [0.1, 0.15) is 23.6 Å². The van der Waals surface area contributed by atoms with Crippen LogP contribution in [0.4, 0.5) is 4.39 Å². The van der Waals surface area contributed by atoms with E-state index in [0.717, 1.165) is 36.6 Å². The van der Waals surface area contributed by atoms with E-state index in [0.29, 0.717) is 36.5 Å². The van der Waals surface area contributed by atoms with Crippen LogP contribution < -0.4 is 4.74 Å². The van der Waals surface area contributed by atoms with Gasteiger partial charge < -0.3 is 24.1 Å². The topological polar surface area (TPSA) is 85.3 Å². The van der Waals surface area contributed by atoms with Crippen molar-refractivity contribution in [2.75, 3.05) is 33.9 Å². The molecule has 0 aliphatic carbocycles. The van der Waals surface area contributed by atoms with Crippen LogP contribution in [-0.4, -0.2) is 56.7 Å². The Morgan fingerprint density at radius 3 is 2.25 bits per heavy atom. The van der Waals surface area contributed by atoms with Gasteiger partial charge in [-0.15, -0.1) is 0 Å². The highest BCUT2D eigenvalue weighted by Crippen LogP contribution is 2.36. The molecule has 1 aromatic carbocycles. The summed E-state index contributed by atoms with van der Waals surface area (Å²) in [6.07, 6.45) is 7.98. The molecule has 200 valence electrons. The maximum Gasteiger partial charge on any atom is 0.298 e. The zero-order valence-electron chi connectivity index (χ0n) is 22.3. The van der Waals surface area contributed by atoms with Gasteiger partial charge in [0.05, 0.1) is 25.5 Å². The van der Waals surface area contributed by atoms with Crippen molar-refractivity contribution in [3.05, 3.63) is 78.4 Å². The average Bonchev–Trinajstić information content (AvgIpc) is 2.88. The number of hydrogen-bond donors (Lipinski definition) is 1. The Morgan fingerprint density at radius 1 is 1.17 bits per heavy atom. The van der Waals surface area contributed by atoms with Crippen molar-refractivity contribution in [3.63, 3.8) is 0 Å². The quantitative estimate of drug-likeness (QED) is 0.207. The SMILES string of the molecule is C/C=C(/C)c1ccc(O)c(CN(CC)CCOC)c1OC=O.C=C/C(F)=C\C(C=C)=C\OC.CC=O. The first kappa shape index (κ1) is 34.7. The molecule has 1 aromatic rings. The molecule has 0 heterocycles. The van der Waals surface area contributed by atoms with Crippen molar-refractivity contribution >= 4 is 18.3 Å². The minimum absolute atomic E-state index is 0.125. The summed E-state index contributed by atoms with van der Waals surface area (Å²) in [7, 11) is 3.14. The van der Waals surface area contributed by atoms with E-state index in [4.69, 9.17) is 14.3 Å². The lowest BCUT2D eigenvalue weighted by Gasteiger charge is -2.23. The molecule has 36 heavy (non-hydrogen) atoms. The number of carbonyl (C=O) groups is 2. The van der Waals surface area contributed by atoms with Crippen molar-refractivity contribution in [2.45, 2.75) is 34.2 Å². The van der Waals surface area contributed by atoms with E-state index in [9.17, 15) is 14.3 Å². The zero-order chi connectivity index (χ0) is 27.9. The second kappa shape index (κ2) is 22.0. The van der Waals surface area contributed by atoms with Crippen LogP contribution in [-0.2, 0) is 25.6 Å². The number of nitrogens with zero attached hydrogens (tertiary/aromatic N) is 1. The third-order valence-electron chi connectivity index (χ3n) is 4.69. The van der Waals surface area contributed by atoms with Crippen molar-refractivity contribution in [1.82, 2.24) is 4.90 Å². The third-order valence-corrected chi connectivity index (χ3v) is 4.69. The van der Waals surface area contributed by atoms with Crippen LogP contribution in [0.15, 0.2) is 67.3 Å². The van der Waals surface area contributed by atoms with Crippen LogP contribution in [0, 0.1) is 0 Å². The fraction of sp³-hybridized carbons (Fsp3) is 0.357. The number of ether oxygens (including phenoxy) is 3. The summed E-state index contributed by atoms with van der Waals surface area (Å²) in [4.78, 5) is 21.8. The molecular formula is C28H40FNO6. The number of carbonyl (C=O) groups excluding carboxylic acids is 2. The van der Waals surface area contributed by atoms with Crippen LogP contribution in [0.2, 0.25) is 0 Å². The number of methoxy groups -OCH3 is 2. The Labute approximate surface area is 214 Å². The fourth-order valence-corrected chi connectivity index (χ4v) is 2.71. The van der Waals surface area contributed by atoms with Crippen molar-refractivity contribution in [2.24, 2.45) is 0 Å². The normalized spacial score (nSPS) is 11.4. The summed E-state index contributed by atoms with van der Waals surface area (Å²) in [6, 6.07) is 3.40. The lowest BCUT2D eigenvalue weighted by atomic mass is 10.0. The number of aromatic hydroxyl groups is 1. The van der Waals surface area contributed by atoms with Gasteiger partial charge in [-0.1, -0.05) is 32.2 Å². The summed E-state index contributed by atoms with van der Waals surface area (Å²) in [5.74, 6) is 0.134. The lowest BCUT2D eigenvalue weighted by Crippen LogP contribution is -2.27. The van der Waals surface area contributed by atoms with Crippen molar-refractivity contribution < 1.29 is 33.3 Å². The lowest BCUT2D eigenvalue weighted by molar-refractivity contribution is -0.120. The molecule has 0 saturated carbocycles. The van der Waals surface area contributed by atoms with E-state index < -0.39 is 5.83 Å². The van der Waals surface area contributed by atoms with Gasteiger partial charge in [-0.05, 0) is 57.2 Å². The van der Waals surface area contributed by atoms with E-state index in [1.165, 1.54) is 32.4 Å². The molecule has 0 radical (unpaired) electrons. The molecular weight excluding hydrogens is 465 g/mol. The monoisotopic (exact) mass is 505 g/mol. The summed E-state index contributed by atoms with van der Waals surface area (Å²) < 4.78 is 27.4. The largest absolute Gasteiger partial charge is 0.507 e. The molecule has 1 rings (SSSR count). The minimum atomic E-state index is -0.409. The molecule has 0 unspecified atom stereocenters. The Bertz CT molecular complexity index is 906. The number of allylic oxidation sites excluding steroid dienone is 7. The first-order chi connectivity index (χ1) is 17.2. The highest BCUT2D eigenvalue weighted by molar-refractivity contribution is 5.73. The number of likely N-dealkylation sites (N-methyl/N-ethyl adjacent to an activating group) is 1. The Hall–Kier alpha value is -3.49. The van der Waals surface area contributed by atoms with Crippen LogP contribution in [0.1, 0.15) is 38.8 Å². The molecule has 0 spiro atoms. The number of phenols is 1. The summed E-state index contributed by atoms with van der Waals surface area (Å²) in [5.41, 5.74) is 2.98. The van der Waals surface area contributed by atoms with E-state index in [1.807, 2.05) is 26.8 Å². The average molecular weight is 506 g/mol. The Morgan fingerprint density at radius 2 is 1.81 bits per heavy atom. The smallest absolute Gasteiger partial charge is 0.298 e. The van der Waals surface area contributed by atoms with Crippen LogP contribution >= 0.6 is 0 Å². The number of benzene rings is 1. The molecule has 0 atom stereocenters. The molecule has 7 nitrogen and oxygen atoms in total. The fourth-order valence-electron chi connectivity index (χ4n) is 2.71. The second-order valence-corrected chi connectivity index (χ2v) is 7.01. The number of aldehydes is 1. The van der Waals surface area contributed by atoms with Gasteiger partial charge in [-0.25, -0.2) is 4.39 Å². The maximum absolute atomic E-state index is 12.5. The van der Waals surface area contributed by atoms with Gasteiger partial charge >= 0.3 is 0 Å². The zero-order valence-corrected chi connectivity index (χ0v) is 22.3. The van der Waals surface area contributed by atoms with Gasteiger partial charge in [-0.3, -0.25) is 9.69 Å². The van der Waals surface area contributed by atoms with E-state index >= 15 is 0 Å². The first-order valence-corrected chi connectivity index (χ1v) is 11.3. The predicted molar refractivity (Wildman–Crippen MR) is 143 cm³/mol. The number of rotatable bonds is 13. The number of halogens is 1. The van der Waals surface area contributed by atoms with E-state index in [2.05, 4.69) is 22.8 Å². The highest BCUT2D eigenvalue weighted by Gasteiger charge is 2.18. The van der Waals surface area contributed by atoms with Crippen molar-refractivity contribution in [3.8, 4) is 11.5 Å². The molecule has 0 saturated heterocycles. The Kier molecular flexibility index (Phi) is 21.2. The third kappa shape index (κ3) is 14.0. The molecule has 1 N–H and O–H groups in total. The molecule has 0 aliphatic rings. The standard InChI is InChI=1S/C17H25NO4.C9H11FO.C2H4O/c1-5-13(3)14-7-8-16(20)15(17(14)22-12-19)11-18(6-2)9-10-21-4;1-4-8(7-11-3)6-9(10)5-2;1-2-3/h5,7-8,12,20H,6,9-11H2,1-4H3;4-7H,1-2H2,3H3;2H,1H3/b13-5-;8-7+,9-6+;. The van der Waals surface area contributed by atoms with E-state index in [1.54, 1.807) is 19.2 Å². The van der Waals surface area contributed by atoms with Gasteiger partial charge in [0, 0.05) is 31.3 Å². The molecule has 0 amide bonds.